The molecule has 1 saturated heterocycles. The molecule has 0 radical (unpaired) electrons. The Balaban J connectivity index is 0.000000751. The second-order valence-electron chi connectivity index (χ2n) is 9.29. The highest BCUT2D eigenvalue weighted by atomic mass is 19.3. The lowest BCUT2D eigenvalue weighted by Crippen LogP contribution is -2.50. The molecule has 0 saturated carbocycles. The molecule has 1 aromatic carbocycles. The van der Waals surface area contributed by atoms with Crippen molar-refractivity contribution in [1.82, 2.24) is 4.68 Å². The third kappa shape index (κ3) is 4.87. The van der Waals surface area contributed by atoms with Crippen LogP contribution in [0.3, 0.4) is 0 Å². The maximum atomic E-state index is 12.5. The number of pyridine rings is 1. The van der Waals surface area contributed by atoms with Gasteiger partial charge in [0.25, 0.3) is 0 Å². The van der Waals surface area contributed by atoms with Crippen LogP contribution < -0.4 is 10.4 Å². The average Bonchev–Trinajstić information content (AvgIpc) is 3.07. The van der Waals surface area contributed by atoms with Crippen LogP contribution >= 0.6 is 0 Å². The molecule has 1 atom stereocenters. The van der Waals surface area contributed by atoms with E-state index in [9.17, 15) is 23.5 Å². The van der Waals surface area contributed by atoms with Crippen LogP contribution in [-0.2, 0) is 4.74 Å². The molecule has 0 amide bonds. The molecule has 0 unspecified atom stereocenters. The standard InChI is InChI=1S/C24H26N2O4.CF2O/c1-23(2)10-9-19-17-12-15(8-11-24(3,4)30-5)6-7-16(17)20-13-21(27)18(22(28)29)14-25(20)26(19)23;2-1(3)4/h6-7,12-14,19H,9-10H2,1-5H3,(H,28,29);/t19-;/m1./s1. The Kier molecular flexibility index (Phi) is 6.67. The number of aromatic carboxylic acids is 1. The van der Waals surface area contributed by atoms with E-state index in [-0.39, 0.29) is 17.1 Å². The number of carbonyl (C=O) groups excluding carboxylic acids is 1. The number of hydrogen-bond acceptors (Lipinski definition) is 5. The van der Waals surface area contributed by atoms with E-state index in [2.05, 4.69) is 36.8 Å². The van der Waals surface area contributed by atoms with Crippen LogP contribution in [0.4, 0.5) is 13.6 Å². The fraction of sp³-hybridized carbons (Fsp3) is 0.400. The summed E-state index contributed by atoms with van der Waals surface area (Å²) in [4.78, 5) is 32.1. The number of rotatable bonds is 2. The number of nitrogens with zero attached hydrogens (tertiary/aromatic N) is 2. The Morgan fingerprint density at radius 3 is 2.47 bits per heavy atom. The van der Waals surface area contributed by atoms with Gasteiger partial charge in [-0.3, -0.25) is 14.5 Å². The van der Waals surface area contributed by atoms with Gasteiger partial charge in [-0.1, -0.05) is 17.9 Å². The fourth-order valence-corrected chi connectivity index (χ4v) is 4.36. The number of methoxy groups -OCH3 is 1. The zero-order chi connectivity index (χ0) is 25.4. The van der Waals surface area contributed by atoms with E-state index in [4.69, 9.17) is 9.53 Å². The normalized spacial score (nSPS) is 17.3. The molecule has 0 bridgehead atoms. The van der Waals surface area contributed by atoms with Crippen molar-refractivity contribution >= 4 is 12.3 Å². The molecule has 0 aliphatic carbocycles. The SMILES string of the molecule is COC(C)(C)C#Cc1ccc2c(c1)[C@H]1CCC(C)(C)N1n1cc(C(=O)O)c(=O)cc1-2.O=C(F)F. The van der Waals surface area contributed by atoms with Gasteiger partial charge in [0.1, 0.15) is 11.2 Å². The van der Waals surface area contributed by atoms with Gasteiger partial charge < -0.3 is 9.84 Å². The molecular formula is C25H26F2N2O5. The minimum Gasteiger partial charge on any atom is -0.477 e. The summed E-state index contributed by atoms with van der Waals surface area (Å²) in [6.45, 7) is 8.13. The first-order valence-electron chi connectivity index (χ1n) is 10.6. The molecule has 9 heteroatoms. The van der Waals surface area contributed by atoms with Crippen molar-refractivity contribution < 1.29 is 28.2 Å². The minimum atomic E-state index is -2.83. The van der Waals surface area contributed by atoms with E-state index in [0.29, 0.717) is 5.69 Å². The number of hydrogen-bond donors (Lipinski definition) is 1. The quantitative estimate of drug-likeness (QED) is 0.508. The molecule has 180 valence electrons. The van der Waals surface area contributed by atoms with Crippen LogP contribution in [0.2, 0.25) is 0 Å². The zero-order valence-corrected chi connectivity index (χ0v) is 19.6. The maximum absolute atomic E-state index is 12.5. The zero-order valence-electron chi connectivity index (χ0n) is 19.6. The van der Waals surface area contributed by atoms with E-state index in [1.54, 1.807) is 7.11 Å². The molecule has 3 heterocycles. The predicted octanol–water partition coefficient (Wildman–Crippen LogP) is 4.60. The number of carbonyl (C=O) groups is 2. The smallest absolute Gasteiger partial charge is 0.477 e. The second kappa shape index (κ2) is 9.03. The number of aromatic nitrogens is 1. The number of halogens is 2. The van der Waals surface area contributed by atoms with Crippen molar-refractivity contribution in [2.45, 2.75) is 57.7 Å². The molecular weight excluding hydrogens is 446 g/mol. The number of carboxylic acid groups (broad SMARTS) is 1. The summed E-state index contributed by atoms with van der Waals surface area (Å²) >= 11 is 0. The molecule has 2 aromatic rings. The van der Waals surface area contributed by atoms with E-state index in [1.165, 1.54) is 12.3 Å². The van der Waals surface area contributed by atoms with E-state index in [1.807, 2.05) is 30.7 Å². The Labute approximate surface area is 195 Å². The summed E-state index contributed by atoms with van der Waals surface area (Å²) in [5.41, 5.74) is 2.24. The van der Waals surface area contributed by atoms with Crippen molar-refractivity contribution in [3.05, 3.63) is 57.4 Å². The Hall–Kier alpha value is -3.51. The molecule has 34 heavy (non-hydrogen) atoms. The first-order chi connectivity index (χ1) is 15.8. The summed E-state index contributed by atoms with van der Waals surface area (Å²) in [5.74, 6) is 5.15. The highest BCUT2D eigenvalue weighted by Gasteiger charge is 2.44. The van der Waals surface area contributed by atoms with Crippen LogP contribution in [0.25, 0.3) is 11.3 Å². The summed E-state index contributed by atoms with van der Waals surface area (Å²) < 4.78 is 26.6. The largest absolute Gasteiger partial charge is 0.483 e. The van der Waals surface area contributed by atoms with Gasteiger partial charge >= 0.3 is 12.3 Å². The lowest BCUT2D eigenvalue weighted by atomic mass is 9.92. The lowest BCUT2D eigenvalue weighted by Gasteiger charge is -2.44. The van der Waals surface area contributed by atoms with Gasteiger partial charge in [0.05, 0.1) is 17.3 Å². The molecule has 1 aromatic heterocycles. The van der Waals surface area contributed by atoms with Gasteiger partial charge in [-0.25, -0.2) is 9.59 Å². The topological polar surface area (TPSA) is 88.8 Å². The van der Waals surface area contributed by atoms with Crippen molar-refractivity contribution in [3.63, 3.8) is 0 Å². The molecule has 7 nitrogen and oxygen atoms in total. The van der Waals surface area contributed by atoms with Crippen LogP contribution in [0.15, 0.2) is 35.3 Å². The summed E-state index contributed by atoms with van der Waals surface area (Å²) in [6, 6.07) is 7.53. The van der Waals surface area contributed by atoms with Crippen LogP contribution in [0.5, 0.6) is 0 Å². The molecule has 0 spiro atoms. The molecule has 2 aliphatic heterocycles. The van der Waals surface area contributed by atoms with Crippen LogP contribution in [0.1, 0.15) is 68.1 Å². The van der Waals surface area contributed by atoms with Crippen molar-refractivity contribution in [3.8, 4) is 23.1 Å². The fourth-order valence-electron chi connectivity index (χ4n) is 4.36. The first-order valence-corrected chi connectivity index (χ1v) is 10.6. The van der Waals surface area contributed by atoms with Crippen molar-refractivity contribution in [2.75, 3.05) is 12.1 Å². The van der Waals surface area contributed by atoms with E-state index >= 15 is 0 Å². The third-order valence-corrected chi connectivity index (χ3v) is 6.14. The van der Waals surface area contributed by atoms with Crippen LogP contribution in [0, 0.1) is 11.8 Å². The van der Waals surface area contributed by atoms with E-state index in [0.717, 1.165) is 29.5 Å². The molecule has 1 fully saturated rings. The molecule has 1 N–H and O–H groups in total. The first kappa shape index (κ1) is 25.1. The Bertz CT molecular complexity index is 1270. The minimum absolute atomic E-state index is 0.0869. The van der Waals surface area contributed by atoms with Crippen molar-refractivity contribution in [1.29, 1.82) is 0 Å². The Morgan fingerprint density at radius 2 is 1.88 bits per heavy atom. The van der Waals surface area contributed by atoms with Gasteiger partial charge in [-0.05, 0) is 58.2 Å². The van der Waals surface area contributed by atoms with E-state index < -0.39 is 23.3 Å². The predicted molar refractivity (Wildman–Crippen MR) is 123 cm³/mol. The highest BCUT2D eigenvalue weighted by Crippen LogP contribution is 2.47. The lowest BCUT2D eigenvalue weighted by molar-refractivity contribution is 0.0693. The monoisotopic (exact) mass is 472 g/mol. The molecule has 4 rings (SSSR count). The highest BCUT2D eigenvalue weighted by molar-refractivity contribution is 5.88. The Morgan fingerprint density at radius 1 is 1.24 bits per heavy atom. The maximum Gasteiger partial charge on any atom is 0.483 e. The van der Waals surface area contributed by atoms with Gasteiger partial charge in [0.15, 0.2) is 5.43 Å². The second-order valence-corrected chi connectivity index (χ2v) is 9.29. The number of ether oxygens (including phenoxy) is 1. The van der Waals surface area contributed by atoms with Gasteiger partial charge in [-0.2, -0.15) is 0 Å². The average molecular weight is 472 g/mol. The summed E-state index contributed by atoms with van der Waals surface area (Å²) in [5, 5.41) is 11.7. The number of fused-ring (bicyclic) bond motifs is 6. The van der Waals surface area contributed by atoms with Gasteiger partial charge in [-0.15, -0.1) is 8.78 Å². The van der Waals surface area contributed by atoms with Crippen molar-refractivity contribution in [2.24, 2.45) is 0 Å². The molecule has 2 aliphatic rings. The number of benzene rings is 1. The third-order valence-electron chi connectivity index (χ3n) is 6.14. The van der Waals surface area contributed by atoms with Gasteiger partial charge in [0.2, 0.25) is 0 Å². The van der Waals surface area contributed by atoms with Crippen LogP contribution in [-0.4, -0.2) is 40.3 Å². The number of carboxylic acids is 1. The van der Waals surface area contributed by atoms with Gasteiger partial charge in [0, 0.05) is 30.5 Å². The summed E-state index contributed by atoms with van der Waals surface area (Å²) in [6.07, 6.45) is 0.532. The summed E-state index contributed by atoms with van der Waals surface area (Å²) in [7, 11) is 1.64.